The summed E-state index contributed by atoms with van der Waals surface area (Å²) in [6.07, 6.45) is 3.73. The maximum atomic E-state index is 15.0. The second kappa shape index (κ2) is 10.5. The number of halogens is 6. The number of aryl methyl sites for hydroxylation is 1. The average Bonchev–Trinajstić information content (AvgIpc) is 2.79. The third kappa shape index (κ3) is 6.11. The Morgan fingerprint density at radius 2 is 1.46 bits per heavy atom. The topological polar surface area (TPSA) is 9.23 Å². The second-order valence-corrected chi connectivity index (χ2v) is 9.51. The Bertz CT molecular complexity index is 1160. The molecule has 1 saturated carbocycles. The van der Waals surface area contributed by atoms with Crippen molar-refractivity contribution < 1.29 is 31.1 Å². The van der Waals surface area contributed by atoms with Gasteiger partial charge in [0, 0.05) is 5.39 Å². The lowest BCUT2D eigenvalue weighted by Gasteiger charge is -2.28. The van der Waals surface area contributed by atoms with Crippen molar-refractivity contribution in [2.75, 3.05) is 0 Å². The molecule has 1 nitrogen and oxygen atoms in total. The molecule has 0 radical (unpaired) electrons. The Labute approximate surface area is 201 Å². The number of rotatable bonds is 7. The van der Waals surface area contributed by atoms with Gasteiger partial charge in [0.1, 0.15) is 11.6 Å². The van der Waals surface area contributed by atoms with E-state index in [0.29, 0.717) is 17.9 Å². The molecule has 1 fully saturated rings. The zero-order valence-electron chi connectivity index (χ0n) is 19.5. The molecule has 3 aromatic rings. The first kappa shape index (κ1) is 25.4. The Morgan fingerprint density at radius 1 is 0.829 bits per heavy atom. The van der Waals surface area contributed by atoms with E-state index >= 15 is 0 Å². The van der Waals surface area contributed by atoms with Crippen LogP contribution >= 0.6 is 0 Å². The Kier molecular flexibility index (Phi) is 7.62. The van der Waals surface area contributed by atoms with E-state index in [9.17, 15) is 26.3 Å². The lowest BCUT2D eigenvalue weighted by molar-refractivity contribution is -0.275. The van der Waals surface area contributed by atoms with Crippen LogP contribution in [0.15, 0.2) is 42.5 Å². The molecule has 0 spiro atoms. The molecule has 1 aliphatic carbocycles. The predicted octanol–water partition coefficient (Wildman–Crippen LogP) is 9.36. The summed E-state index contributed by atoms with van der Waals surface area (Å²) in [5.74, 6) is -2.20. The SMILES string of the molecule is CCC[C@H]1CC[C@H](CCc2cc(F)c(-c3ccc4c(F)c(OC(F)(F)F)ccc4c3)c(F)c2)CC1. The summed E-state index contributed by atoms with van der Waals surface area (Å²) in [7, 11) is 0. The average molecular weight is 495 g/mol. The summed E-state index contributed by atoms with van der Waals surface area (Å²) in [6.45, 7) is 2.21. The van der Waals surface area contributed by atoms with E-state index in [-0.39, 0.29) is 21.9 Å². The van der Waals surface area contributed by atoms with E-state index in [4.69, 9.17) is 0 Å². The summed E-state index contributed by atoms with van der Waals surface area (Å²) < 4.78 is 85.5. The molecular formula is C28H28F6O. The van der Waals surface area contributed by atoms with Crippen LogP contribution in [0.3, 0.4) is 0 Å². The summed E-state index contributed by atoms with van der Waals surface area (Å²) in [6, 6.07) is 8.59. The van der Waals surface area contributed by atoms with E-state index in [2.05, 4.69) is 11.7 Å². The van der Waals surface area contributed by atoms with Gasteiger partial charge >= 0.3 is 6.36 Å². The fraction of sp³-hybridized carbons (Fsp3) is 0.429. The van der Waals surface area contributed by atoms with Crippen molar-refractivity contribution in [2.24, 2.45) is 11.8 Å². The fourth-order valence-corrected chi connectivity index (χ4v) is 5.26. The van der Waals surface area contributed by atoms with Gasteiger partial charge in [-0.25, -0.2) is 13.2 Å². The number of hydrogen-bond acceptors (Lipinski definition) is 1. The molecule has 0 aliphatic heterocycles. The van der Waals surface area contributed by atoms with E-state index in [1.165, 1.54) is 62.1 Å². The second-order valence-electron chi connectivity index (χ2n) is 9.51. The van der Waals surface area contributed by atoms with Gasteiger partial charge in [-0.15, -0.1) is 13.2 Å². The highest BCUT2D eigenvalue weighted by Crippen LogP contribution is 2.36. The van der Waals surface area contributed by atoms with Gasteiger partial charge in [-0.05, 0) is 65.5 Å². The van der Waals surface area contributed by atoms with Gasteiger partial charge in [-0.1, -0.05) is 63.6 Å². The van der Waals surface area contributed by atoms with Gasteiger partial charge in [-0.3, -0.25) is 0 Å². The van der Waals surface area contributed by atoms with E-state index in [0.717, 1.165) is 31.2 Å². The normalized spacial score (nSPS) is 18.7. The molecule has 4 rings (SSSR count). The van der Waals surface area contributed by atoms with E-state index in [1.54, 1.807) is 0 Å². The third-order valence-corrected chi connectivity index (χ3v) is 7.04. The quantitative estimate of drug-likeness (QED) is 0.297. The van der Waals surface area contributed by atoms with Crippen molar-refractivity contribution in [3.05, 3.63) is 65.5 Å². The molecule has 0 unspecified atom stereocenters. The molecule has 7 heteroatoms. The standard InChI is InChI=1S/C28H28F6O/c1-2-3-17-4-6-18(7-5-17)8-9-19-14-23(29)26(24(30)15-19)21-10-12-22-20(16-21)11-13-25(27(22)31)35-28(32,33)34/h10-18H,2-9H2,1H3/t17-,18-. The van der Waals surface area contributed by atoms with Crippen LogP contribution in [-0.2, 0) is 6.42 Å². The van der Waals surface area contributed by atoms with Gasteiger partial charge in [0.15, 0.2) is 11.6 Å². The number of fused-ring (bicyclic) bond motifs is 1. The first-order valence-electron chi connectivity index (χ1n) is 12.1. The van der Waals surface area contributed by atoms with Crippen molar-refractivity contribution in [3.63, 3.8) is 0 Å². The maximum Gasteiger partial charge on any atom is 0.573 e. The summed E-state index contributed by atoms with van der Waals surface area (Å²) >= 11 is 0. The van der Waals surface area contributed by atoms with Crippen LogP contribution in [0.5, 0.6) is 5.75 Å². The van der Waals surface area contributed by atoms with Gasteiger partial charge in [0.2, 0.25) is 0 Å². The number of ether oxygens (including phenoxy) is 1. The molecule has 35 heavy (non-hydrogen) atoms. The van der Waals surface area contributed by atoms with Gasteiger partial charge in [-0.2, -0.15) is 0 Å². The van der Waals surface area contributed by atoms with Crippen LogP contribution in [0.2, 0.25) is 0 Å². The van der Waals surface area contributed by atoms with Crippen LogP contribution in [-0.4, -0.2) is 6.36 Å². The number of benzene rings is 3. The zero-order chi connectivity index (χ0) is 25.2. The van der Waals surface area contributed by atoms with E-state index in [1.807, 2.05) is 0 Å². The summed E-state index contributed by atoms with van der Waals surface area (Å²) in [5, 5.41) is 0.0673. The van der Waals surface area contributed by atoms with Crippen molar-refractivity contribution in [1.82, 2.24) is 0 Å². The molecular weight excluding hydrogens is 466 g/mol. The molecule has 1 aliphatic rings. The summed E-state index contributed by atoms with van der Waals surface area (Å²) in [5.41, 5.74) is 0.532. The Balaban J connectivity index is 1.50. The third-order valence-electron chi connectivity index (χ3n) is 7.04. The van der Waals surface area contributed by atoms with Crippen molar-refractivity contribution >= 4 is 10.8 Å². The van der Waals surface area contributed by atoms with Crippen LogP contribution in [0, 0.1) is 29.3 Å². The molecule has 0 aromatic heterocycles. The first-order chi connectivity index (χ1) is 16.6. The van der Waals surface area contributed by atoms with Crippen LogP contribution in [0.4, 0.5) is 26.3 Å². The first-order valence-corrected chi connectivity index (χ1v) is 12.1. The maximum absolute atomic E-state index is 15.0. The van der Waals surface area contributed by atoms with Crippen molar-refractivity contribution in [2.45, 2.75) is 64.7 Å². The monoisotopic (exact) mass is 494 g/mol. The Morgan fingerprint density at radius 3 is 2.06 bits per heavy atom. The number of alkyl halides is 3. The molecule has 0 N–H and O–H groups in total. The Hall–Kier alpha value is -2.70. The summed E-state index contributed by atoms with van der Waals surface area (Å²) in [4.78, 5) is 0. The fourth-order valence-electron chi connectivity index (χ4n) is 5.26. The molecule has 188 valence electrons. The predicted molar refractivity (Wildman–Crippen MR) is 125 cm³/mol. The van der Waals surface area contributed by atoms with Gasteiger partial charge in [0.25, 0.3) is 0 Å². The molecule has 0 saturated heterocycles. The molecule has 0 amide bonds. The highest BCUT2D eigenvalue weighted by atomic mass is 19.4. The van der Waals surface area contributed by atoms with Gasteiger partial charge in [0.05, 0.1) is 5.56 Å². The molecule has 0 atom stereocenters. The van der Waals surface area contributed by atoms with Crippen LogP contribution < -0.4 is 4.74 Å². The molecule has 0 bridgehead atoms. The van der Waals surface area contributed by atoms with E-state index < -0.39 is 29.6 Å². The highest BCUT2D eigenvalue weighted by Gasteiger charge is 2.32. The van der Waals surface area contributed by atoms with Crippen LogP contribution in [0.25, 0.3) is 21.9 Å². The molecule has 3 aromatic carbocycles. The van der Waals surface area contributed by atoms with Crippen LogP contribution in [0.1, 0.15) is 57.4 Å². The molecule has 0 heterocycles. The zero-order valence-corrected chi connectivity index (χ0v) is 19.5. The van der Waals surface area contributed by atoms with Gasteiger partial charge < -0.3 is 4.74 Å². The van der Waals surface area contributed by atoms with Crippen molar-refractivity contribution in [1.29, 1.82) is 0 Å². The smallest absolute Gasteiger partial charge is 0.403 e. The minimum Gasteiger partial charge on any atom is -0.403 e. The lowest BCUT2D eigenvalue weighted by atomic mass is 9.78. The van der Waals surface area contributed by atoms with Crippen molar-refractivity contribution in [3.8, 4) is 16.9 Å². The minimum atomic E-state index is -5.03. The lowest BCUT2D eigenvalue weighted by Crippen LogP contribution is -2.18. The number of hydrogen-bond donors (Lipinski definition) is 0. The minimum absolute atomic E-state index is 0.137. The largest absolute Gasteiger partial charge is 0.573 e. The highest BCUT2D eigenvalue weighted by molar-refractivity contribution is 5.89.